The van der Waals surface area contributed by atoms with Gasteiger partial charge in [-0.3, -0.25) is 4.40 Å². The second-order valence-corrected chi connectivity index (χ2v) is 5.00. The summed E-state index contributed by atoms with van der Waals surface area (Å²) in [5, 5.41) is 12.1. The Morgan fingerprint density at radius 1 is 1.29 bits per heavy atom. The van der Waals surface area contributed by atoms with Gasteiger partial charge in [0, 0.05) is 12.2 Å². The topological polar surface area (TPSA) is 42.2 Å². The molecule has 1 aliphatic rings. The Labute approximate surface area is 101 Å². The van der Waals surface area contributed by atoms with E-state index in [2.05, 4.69) is 33.8 Å². The standard InChI is InChI=1S/C13H18N4/c1-9(11-6-7-11)14-10(2)13-16-15-12-5-3-4-8-17(12)13/h3-5,8-11,14H,6-7H2,1-2H3/t9-,10-/m0/s1. The van der Waals surface area contributed by atoms with Gasteiger partial charge in [-0.15, -0.1) is 10.2 Å². The van der Waals surface area contributed by atoms with E-state index in [-0.39, 0.29) is 6.04 Å². The molecule has 2 atom stereocenters. The minimum Gasteiger partial charge on any atom is -0.305 e. The summed E-state index contributed by atoms with van der Waals surface area (Å²) in [6.07, 6.45) is 4.74. The van der Waals surface area contributed by atoms with Gasteiger partial charge in [-0.05, 0) is 44.7 Å². The van der Waals surface area contributed by atoms with Gasteiger partial charge in [-0.2, -0.15) is 0 Å². The number of aromatic nitrogens is 3. The number of fused-ring (bicyclic) bond motifs is 1. The average Bonchev–Trinajstić information content (AvgIpc) is 3.09. The average molecular weight is 230 g/mol. The summed E-state index contributed by atoms with van der Waals surface area (Å²) in [5.74, 6) is 1.85. The smallest absolute Gasteiger partial charge is 0.160 e. The van der Waals surface area contributed by atoms with Crippen LogP contribution in [0.4, 0.5) is 0 Å². The Bertz CT molecular complexity index is 515. The summed E-state index contributed by atoms with van der Waals surface area (Å²) in [6, 6.07) is 6.78. The quantitative estimate of drug-likeness (QED) is 0.875. The third-order valence-corrected chi connectivity index (χ3v) is 3.57. The maximum absolute atomic E-state index is 4.28. The largest absolute Gasteiger partial charge is 0.305 e. The summed E-state index contributed by atoms with van der Waals surface area (Å²) in [7, 11) is 0. The van der Waals surface area contributed by atoms with Crippen LogP contribution >= 0.6 is 0 Å². The van der Waals surface area contributed by atoms with E-state index in [1.54, 1.807) is 0 Å². The molecule has 0 bridgehead atoms. The fourth-order valence-electron chi connectivity index (χ4n) is 2.36. The number of pyridine rings is 1. The van der Waals surface area contributed by atoms with E-state index in [9.17, 15) is 0 Å². The van der Waals surface area contributed by atoms with Crippen molar-refractivity contribution in [1.29, 1.82) is 0 Å². The maximum Gasteiger partial charge on any atom is 0.160 e. The molecule has 0 saturated heterocycles. The highest BCUT2D eigenvalue weighted by molar-refractivity contribution is 5.37. The van der Waals surface area contributed by atoms with Crippen LogP contribution in [-0.4, -0.2) is 20.6 Å². The molecule has 4 nitrogen and oxygen atoms in total. The van der Waals surface area contributed by atoms with Gasteiger partial charge in [-0.25, -0.2) is 0 Å². The van der Waals surface area contributed by atoms with E-state index in [0.717, 1.165) is 17.4 Å². The Balaban J connectivity index is 1.82. The van der Waals surface area contributed by atoms with Crippen molar-refractivity contribution in [3.8, 4) is 0 Å². The van der Waals surface area contributed by atoms with Crippen molar-refractivity contribution < 1.29 is 0 Å². The zero-order valence-corrected chi connectivity index (χ0v) is 10.3. The predicted octanol–water partition coefficient (Wildman–Crippen LogP) is 2.18. The third-order valence-electron chi connectivity index (χ3n) is 3.57. The first kappa shape index (κ1) is 10.7. The van der Waals surface area contributed by atoms with Gasteiger partial charge in [0.25, 0.3) is 0 Å². The molecule has 1 N–H and O–H groups in total. The Morgan fingerprint density at radius 3 is 2.88 bits per heavy atom. The molecule has 0 amide bonds. The van der Waals surface area contributed by atoms with E-state index >= 15 is 0 Å². The summed E-state index contributed by atoms with van der Waals surface area (Å²) in [4.78, 5) is 0. The molecule has 1 saturated carbocycles. The lowest BCUT2D eigenvalue weighted by atomic mass is 10.2. The second-order valence-electron chi connectivity index (χ2n) is 5.00. The van der Waals surface area contributed by atoms with Gasteiger partial charge >= 0.3 is 0 Å². The van der Waals surface area contributed by atoms with Crippen molar-refractivity contribution in [1.82, 2.24) is 19.9 Å². The van der Waals surface area contributed by atoms with E-state index in [4.69, 9.17) is 0 Å². The van der Waals surface area contributed by atoms with E-state index < -0.39 is 0 Å². The summed E-state index contributed by atoms with van der Waals surface area (Å²) >= 11 is 0. The SMILES string of the molecule is C[C@H](N[C@@H](C)C1CC1)c1nnc2ccccn12. The minimum atomic E-state index is 0.239. The lowest BCUT2D eigenvalue weighted by Gasteiger charge is -2.18. The van der Waals surface area contributed by atoms with E-state index in [1.165, 1.54) is 12.8 Å². The van der Waals surface area contributed by atoms with Crippen molar-refractivity contribution >= 4 is 5.65 Å². The molecule has 1 aliphatic carbocycles. The molecule has 90 valence electrons. The molecule has 17 heavy (non-hydrogen) atoms. The monoisotopic (exact) mass is 230 g/mol. The third kappa shape index (κ3) is 2.05. The lowest BCUT2D eigenvalue weighted by molar-refractivity contribution is 0.427. The van der Waals surface area contributed by atoms with Crippen molar-refractivity contribution in [2.45, 2.75) is 38.8 Å². The molecule has 0 aromatic carbocycles. The molecule has 2 aromatic rings. The van der Waals surface area contributed by atoms with Crippen LogP contribution in [0.5, 0.6) is 0 Å². The van der Waals surface area contributed by atoms with Gasteiger partial charge in [-0.1, -0.05) is 6.07 Å². The van der Waals surface area contributed by atoms with Crippen LogP contribution in [0.3, 0.4) is 0 Å². The van der Waals surface area contributed by atoms with Crippen molar-refractivity contribution in [3.63, 3.8) is 0 Å². The van der Waals surface area contributed by atoms with Gasteiger partial charge < -0.3 is 5.32 Å². The number of nitrogens with one attached hydrogen (secondary N) is 1. The molecule has 2 aromatic heterocycles. The summed E-state index contributed by atoms with van der Waals surface area (Å²) < 4.78 is 2.05. The Kier molecular flexibility index (Phi) is 2.59. The first-order valence-corrected chi connectivity index (χ1v) is 6.31. The van der Waals surface area contributed by atoms with E-state index in [1.807, 2.05) is 24.4 Å². The highest BCUT2D eigenvalue weighted by Crippen LogP contribution is 2.33. The van der Waals surface area contributed by atoms with Crippen molar-refractivity contribution in [3.05, 3.63) is 30.2 Å². The summed E-state index contributed by atoms with van der Waals surface area (Å²) in [5.41, 5.74) is 0.912. The first-order valence-electron chi connectivity index (χ1n) is 6.31. The highest BCUT2D eigenvalue weighted by atomic mass is 15.3. The van der Waals surface area contributed by atoms with Crippen LogP contribution in [0.1, 0.15) is 38.6 Å². The molecule has 3 rings (SSSR count). The zero-order chi connectivity index (χ0) is 11.8. The molecule has 0 spiro atoms. The van der Waals surface area contributed by atoms with Crippen molar-refractivity contribution in [2.75, 3.05) is 0 Å². The lowest BCUT2D eigenvalue weighted by Crippen LogP contribution is -2.31. The number of hydrogen-bond acceptors (Lipinski definition) is 3. The van der Waals surface area contributed by atoms with Gasteiger partial charge in [0.15, 0.2) is 11.5 Å². The molecule has 1 fully saturated rings. The first-order chi connectivity index (χ1) is 8.25. The van der Waals surface area contributed by atoms with Crippen LogP contribution in [0.2, 0.25) is 0 Å². The highest BCUT2D eigenvalue weighted by Gasteiger charge is 2.29. The molecule has 0 unspecified atom stereocenters. The molecule has 0 aliphatic heterocycles. The van der Waals surface area contributed by atoms with Gasteiger partial charge in [0.1, 0.15) is 0 Å². The van der Waals surface area contributed by atoms with Crippen LogP contribution in [0, 0.1) is 5.92 Å². The number of hydrogen-bond donors (Lipinski definition) is 1. The van der Waals surface area contributed by atoms with Crippen LogP contribution < -0.4 is 5.32 Å². The number of rotatable bonds is 4. The van der Waals surface area contributed by atoms with Crippen LogP contribution in [0.25, 0.3) is 5.65 Å². The van der Waals surface area contributed by atoms with E-state index in [0.29, 0.717) is 6.04 Å². The van der Waals surface area contributed by atoms with Crippen LogP contribution in [-0.2, 0) is 0 Å². The maximum atomic E-state index is 4.28. The Hall–Kier alpha value is -1.42. The van der Waals surface area contributed by atoms with Gasteiger partial charge in [0.05, 0.1) is 6.04 Å². The molecule has 0 radical (unpaired) electrons. The number of nitrogens with zero attached hydrogens (tertiary/aromatic N) is 3. The fraction of sp³-hybridized carbons (Fsp3) is 0.538. The Morgan fingerprint density at radius 2 is 2.12 bits per heavy atom. The van der Waals surface area contributed by atoms with Crippen LogP contribution in [0.15, 0.2) is 24.4 Å². The fourth-order valence-corrected chi connectivity index (χ4v) is 2.36. The summed E-state index contributed by atoms with van der Waals surface area (Å²) in [6.45, 7) is 4.42. The predicted molar refractivity (Wildman–Crippen MR) is 66.7 cm³/mol. The van der Waals surface area contributed by atoms with Gasteiger partial charge in [0.2, 0.25) is 0 Å². The second kappa shape index (κ2) is 4.11. The molecular weight excluding hydrogens is 212 g/mol. The minimum absolute atomic E-state index is 0.239. The zero-order valence-electron chi connectivity index (χ0n) is 10.3. The van der Waals surface area contributed by atoms with Crippen molar-refractivity contribution in [2.24, 2.45) is 5.92 Å². The molecule has 2 heterocycles. The normalized spacial score (nSPS) is 19.4. The molecular formula is C13H18N4. The molecule has 4 heteroatoms.